The summed E-state index contributed by atoms with van der Waals surface area (Å²) < 4.78 is 17.4. The van der Waals surface area contributed by atoms with Gasteiger partial charge in [-0.05, 0) is 89.4 Å². The highest BCUT2D eigenvalue weighted by molar-refractivity contribution is 5.95. The first-order chi connectivity index (χ1) is 26.8. The molecule has 2 aliphatic carbocycles. The smallest absolute Gasteiger partial charge is 0.377 e. The summed E-state index contributed by atoms with van der Waals surface area (Å²) in [4.78, 5) is 52.4. The monoisotopic (exact) mass is 771 g/mol. The summed E-state index contributed by atoms with van der Waals surface area (Å²) in [6.07, 6.45) is 31.6. The maximum atomic E-state index is 13.5. The SMILES string of the molecule is CCCCCCCC[C@H]1CCC(=O)[C@@H]1CCCCC=C(CC)C(=O)OC(C(=O)OCCCC)=C(CCCC[C@H]1C(=O)CC[C@@H]1CCCCCCCC)OCC. The average molecular weight is 771 g/mol. The molecule has 0 heterocycles. The summed E-state index contributed by atoms with van der Waals surface area (Å²) in [6.45, 7) is 10.9. The van der Waals surface area contributed by atoms with Crippen molar-refractivity contribution in [2.75, 3.05) is 13.2 Å². The van der Waals surface area contributed by atoms with Gasteiger partial charge in [-0.15, -0.1) is 0 Å². The number of unbranched alkanes of at least 4 members (excludes halogenated alkanes) is 14. The fourth-order valence-corrected chi connectivity index (χ4v) is 8.79. The van der Waals surface area contributed by atoms with Gasteiger partial charge in [-0.25, -0.2) is 9.59 Å². The van der Waals surface area contributed by atoms with Crippen LogP contribution in [0.3, 0.4) is 0 Å². The maximum Gasteiger partial charge on any atom is 0.377 e. The molecule has 0 saturated heterocycles. The molecule has 2 saturated carbocycles. The van der Waals surface area contributed by atoms with E-state index in [9.17, 15) is 19.2 Å². The molecule has 0 bridgehead atoms. The van der Waals surface area contributed by atoms with Crippen molar-refractivity contribution in [2.45, 2.75) is 221 Å². The molecule has 0 aromatic heterocycles. The van der Waals surface area contributed by atoms with Crippen molar-refractivity contribution in [3.63, 3.8) is 0 Å². The first kappa shape index (κ1) is 48.7. The number of hydrogen-bond donors (Lipinski definition) is 0. The molecular formula is C48H82O7. The molecule has 7 heteroatoms. The molecule has 2 aliphatic rings. The molecule has 55 heavy (non-hydrogen) atoms. The second-order valence-electron chi connectivity index (χ2n) is 16.5. The highest BCUT2D eigenvalue weighted by Crippen LogP contribution is 2.38. The number of ketones is 2. The van der Waals surface area contributed by atoms with Gasteiger partial charge in [0.15, 0.2) is 0 Å². The Morgan fingerprint density at radius 3 is 1.62 bits per heavy atom. The molecule has 2 rings (SSSR count). The quantitative estimate of drug-likeness (QED) is 0.0284. The highest BCUT2D eigenvalue weighted by Gasteiger charge is 2.34. The predicted molar refractivity (Wildman–Crippen MR) is 224 cm³/mol. The van der Waals surface area contributed by atoms with Crippen molar-refractivity contribution in [2.24, 2.45) is 23.7 Å². The van der Waals surface area contributed by atoms with Crippen LogP contribution in [0, 0.1) is 23.7 Å². The summed E-state index contributed by atoms with van der Waals surface area (Å²) in [5.74, 6) is 1.21. The van der Waals surface area contributed by atoms with Crippen LogP contribution in [-0.4, -0.2) is 36.7 Å². The van der Waals surface area contributed by atoms with Gasteiger partial charge in [-0.2, -0.15) is 0 Å². The summed E-state index contributed by atoms with van der Waals surface area (Å²) in [5, 5.41) is 0. The van der Waals surface area contributed by atoms with Crippen molar-refractivity contribution in [1.29, 1.82) is 0 Å². The molecule has 0 aromatic rings. The molecule has 0 spiro atoms. The van der Waals surface area contributed by atoms with Crippen LogP contribution in [0.5, 0.6) is 0 Å². The van der Waals surface area contributed by atoms with Crippen molar-refractivity contribution >= 4 is 23.5 Å². The van der Waals surface area contributed by atoms with Crippen LogP contribution < -0.4 is 0 Å². The zero-order valence-corrected chi connectivity index (χ0v) is 36.2. The molecular weight excluding hydrogens is 689 g/mol. The van der Waals surface area contributed by atoms with Gasteiger partial charge in [-0.1, -0.05) is 130 Å². The molecule has 0 aromatic carbocycles. The van der Waals surface area contributed by atoms with Crippen molar-refractivity contribution in [1.82, 2.24) is 0 Å². The van der Waals surface area contributed by atoms with Crippen LogP contribution in [0.1, 0.15) is 221 Å². The lowest BCUT2D eigenvalue weighted by Crippen LogP contribution is -2.19. The van der Waals surface area contributed by atoms with Crippen LogP contribution in [-0.2, 0) is 33.4 Å². The van der Waals surface area contributed by atoms with Gasteiger partial charge in [0.1, 0.15) is 17.3 Å². The Balaban J connectivity index is 1.97. The van der Waals surface area contributed by atoms with Gasteiger partial charge in [0.25, 0.3) is 5.76 Å². The number of hydrogen-bond acceptors (Lipinski definition) is 7. The van der Waals surface area contributed by atoms with Crippen LogP contribution >= 0.6 is 0 Å². The fraction of sp³-hybridized carbons (Fsp3) is 0.833. The third-order valence-corrected chi connectivity index (χ3v) is 12.2. The van der Waals surface area contributed by atoms with Gasteiger partial charge < -0.3 is 14.2 Å². The summed E-state index contributed by atoms with van der Waals surface area (Å²) in [7, 11) is 0. The number of allylic oxidation sites excluding steroid dienone is 2. The minimum Gasteiger partial charge on any atom is -0.494 e. The average Bonchev–Trinajstić information content (AvgIpc) is 3.72. The third kappa shape index (κ3) is 19.5. The standard InChI is InChI=1S/C48H82O7/c1-6-11-14-16-18-21-28-39-33-35-43(49)41(39)30-24-20-23-27-38(9-4)47(51)55-46(48(52)54-37-13-8-3)45(53-10-5)32-26-25-31-42-40(34-36-44(42)50)29-22-19-17-15-12-7-2/h27,39-42H,6-26,28-37H2,1-5H3/t39-,40-,41+,42+/m0/s1. The van der Waals surface area contributed by atoms with E-state index in [1.807, 2.05) is 26.8 Å². The molecule has 2 fully saturated rings. The van der Waals surface area contributed by atoms with E-state index < -0.39 is 11.9 Å². The second-order valence-corrected chi connectivity index (χ2v) is 16.5. The Bertz CT molecular complexity index is 1150. The molecule has 0 unspecified atom stereocenters. The van der Waals surface area contributed by atoms with Crippen molar-refractivity contribution < 1.29 is 33.4 Å². The third-order valence-electron chi connectivity index (χ3n) is 12.2. The van der Waals surface area contributed by atoms with Gasteiger partial charge >= 0.3 is 11.9 Å². The zero-order chi connectivity index (χ0) is 40.1. The normalized spacial score (nSPS) is 20.6. The number of rotatable bonds is 33. The van der Waals surface area contributed by atoms with Gasteiger partial charge in [0.2, 0.25) is 0 Å². The Morgan fingerprint density at radius 2 is 1.09 bits per heavy atom. The maximum absolute atomic E-state index is 13.5. The molecule has 0 aliphatic heterocycles. The van der Waals surface area contributed by atoms with E-state index in [1.165, 1.54) is 83.5 Å². The number of carbonyl (C=O) groups excluding carboxylic acids is 4. The summed E-state index contributed by atoms with van der Waals surface area (Å²) in [5.41, 5.74) is 0.531. The van der Waals surface area contributed by atoms with Gasteiger partial charge in [0, 0.05) is 36.7 Å². The lowest BCUT2D eigenvalue weighted by Gasteiger charge is -2.19. The topological polar surface area (TPSA) is 96.0 Å². The molecule has 316 valence electrons. The molecule has 7 nitrogen and oxygen atoms in total. The first-order valence-corrected chi connectivity index (χ1v) is 23.3. The Morgan fingerprint density at radius 1 is 0.582 bits per heavy atom. The molecule has 0 radical (unpaired) electrons. The van der Waals surface area contributed by atoms with E-state index in [4.69, 9.17) is 14.2 Å². The van der Waals surface area contributed by atoms with E-state index in [1.54, 1.807) is 0 Å². The van der Waals surface area contributed by atoms with E-state index in [0.717, 1.165) is 83.5 Å². The van der Waals surface area contributed by atoms with Crippen LogP contribution in [0.4, 0.5) is 0 Å². The first-order valence-electron chi connectivity index (χ1n) is 23.3. The predicted octanol–water partition coefficient (Wildman–Crippen LogP) is 13.3. The van der Waals surface area contributed by atoms with Crippen LogP contribution in [0.15, 0.2) is 23.2 Å². The minimum absolute atomic E-state index is 0.133. The minimum atomic E-state index is -0.664. The van der Waals surface area contributed by atoms with Crippen molar-refractivity contribution in [3.8, 4) is 0 Å². The molecule has 0 amide bonds. The molecule has 0 N–H and O–H groups in total. The lowest BCUT2D eigenvalue weighted by molar-refractivity contribution is -0.150. The largest absolute Gasteiger partial charge is 0.494 e. The second kappa shape index (κ2) is 30.7. The number of esters is 2. The number of carbonyl (C=O) groups is 4. The van der Waals surface area contributed by atoms with E-state index in [0.29, 0.717) is 60.6 Å². The molecule has 4 atom stereocenters. The van der Waals surface area contributed by atoms with Gasteiger partial charge in [-0.3, -0.25) is 9.59 Å². The summed E-state index contributed by atoms with van der Waals surface area (Å²) in [6, 6.07) is 0. The van der Waals surface area contributed by atoms with Crippen molar-refractivity contribution in [3.05, 3.63) is 23.2 Å². The van der Waals surface area contributed by atoms with E-state index >= 15 is 0 Å². The highest BCUT2D eigenvalue weighted by atomic mass is 16.6. The number of ether oxygens (including phenoxy) is 3. The summed E-state index contributed by atoms with van der Waals surface area (Å²) >= 11 is 0. The lowest BCUT2D eigenvalue weighted by atomic mass is 9.86. The van der Waals surface area contributed by atoms with Gasteiger partial charge in [0.05, 0.1) is 13.2 Å². The van der Waals surface area contributed by atoms with Crippen LogP contribution in [0.25, 0.3) is 0 Å². The Hall–Kier alpha value is -2.44. The number of Topliss-reactive ketones (excluding diaryl/α,β-unsaturated/α-hetero) is 2. The zero-order valence-electron chi connectivity index (χ0n) is 36.2. The Kier molecular flexibility index (Phi) is 27.2. The van der Waals surface area contributed by atoms with E-state index in [-0.39, 0.29) is 24.2 Å². The van der Waals surface area contributed by atoms with Crippen LogP contribution in [0.2, 0.25) is 0 Å². The Labute approximate surface area is 336 Å². The van der Waals surface area contributed by atoms with E-state index in [2.05, 4.69) is 13.8 Å². The fourth-order valence-electron chi connectivity index (χ4n) is 8.79.